The van der Waals surface area contributed by atoms with Crippen molar-refractivity contribution in [2.45, 2.75) is 25.7 Å². The first-order chi connectivity index (χ1) is 16.2. The van der Waals surface area contributed by atoms with Gasteiger partial charge in [-0.3, -0.25) is 14.7 Å². The monoisotopic (exact) mass is 460 g/mol. The van der Waals surface area contributed by atoms with Crippen LogP contribution in [0.4, 0.5) is 11.6 Å². The van der Waals surface area contributed by atoms with Crippen LogP contribution >= 0.6 is 0 Å². The number of piperazine rings is 1. The molecule has 0 saturated carbocycles. The molecule has 1 aliphatic heterocycles. The Morgan fingerprint density at radius 1 is 1.09 bits per heavy atom. The molecule has 34 heavy (non-hydrogen) atoms. The highest BCUT2D eigenvalue weighted by Crippen LogP contribution is 2.42. The van der Waals surface area contributed by atoms with Crippen molar-refractivity contribution in [3.63, 3.8) is 0 Å². The minimum absolute atomic E-state index is 0.00953. The van der Waals surface area contributed by atoms with Gasteiger partial charge in [-0.2, -0.15) is 5.10 Å². The van der Waals surface area contributed by atoms with Gasteiger partial charge in [-0.15, -0.1) is 0 Å². The fraction of sp³-hybridized carbons (Fsp3) is 0.375. The van der Waals surface area contributed by atoms with Gasteiger partial charge in [-0.25, -0.2) is 9.97 Å². The van der Waals surface area contributed by atoms with E-state index in [9.17, 15) is 9.59 Å². The Morgan fingerprint density at radius 3 is 2.50 bits per heavy atom. The third-order valence-corrected chi connectivity index (χ3v) is 6.59. The highest BCUT2D eigenvalue weighted by atomic mass is 16.2. The zero-order valence-electron chi connectivity index (χ0n) is 19.6. The summed E-state index contributed by atoms with van der Waals surface area (Å²) < 4.78 is 0. The summed E-state index contributed by atoms with van der Waals surface area (Å²) in [6.45, 7) is 7.30. The quantitative estimate of drug-likeness (QED) is 0.544. The molecule has 1 aromatic carbocycles. The van der Waals surface area contributed by atoms with Gasteiger partial charge in [0.2, 0.25) is 5.95 Å². The van der Waals surface area contributed by atoms with E-state index in [1.807, 2.05) is 4.90 Å². The number of fused-ring (bicyclic) bond motifs is 3. The maximum absolute atomic E-state index is 13.2. The number of aromatic amines is 1. The molecule has 3 aromatic rings. The van der Waals surface area contributed by atoms with Crippen LogP contribution in [0.15, 0.2) is 30.5 Å². The van der Waals surface area contributed by atoms with Crippen LogP contribution in [0.1, 0.15) is 45.8 Å². The number of carbonyl (C=O) groups excluding carboxylic acids is 2. The Hall–Kier alpha value is -3.79. The van der Waals surface area contributed by atoms with Crippen LogP contribution in [-0.4, -0.2) is 75.0 Å². The molecule has 1 aliphatic carbocycles. The molecule has 0 unspecified atom stereocenters. The fourth-order valence-corrected chi connectivity index (χ4v) is 4.74. The number of rotatable bonds is 3. The number of benzene rings is 1. The maximum Gasteiger partial charge on any atom is 0.273 e. The van der Waals surface area contributed by atoms with E-state index in [4.69, 9.17) is 5.73 Å². The van der Waals surface area contributed by atoms with E-state index in [0.717, 1.165) is 24.2 Å². The van der Waals surface area contributed by atoms with E-state index in [1.165, 1.54) is 0 Å². The van der Waals surface area contributed by atoms with Crippen LogP contribution in [-0.2, 0) is 11.8 Å². The smallest absolute Gasteiger partial charge is 0.273 e. The van der Waals surface area contributed by atoms with E-state index < -0.39 is 0 Å². The number of anilines is 2. The molecule has 0 atom stereocenters. The number of nitrogens with one attached hydrogen (secondary N) is 2. The molecule has 3 heterocycles. The number of H-pyrrole nitrogens is 1. The summed E-state index contributed by atoms with van der Waals surface area (Å²) in [7, 11) is 2.05. The average molecular weight is 461 g/mol. The maximum atomic E-state index is 13.2. The largest absolute Gasteiger partial charge is 0.368 e. The predicted molar refractivity (Wildman–Crippen MR) is 129 cm³/mol. The molecule has 0 radical (unpaired) electrons. The van der Waals surface area contributed by atoms with E-state index in [-0.39, 0.29) is 23.2 Å². The number of likely N-dealkylation sites (N-methyl/N-ethyl adjacent to an activating group) is 1. The number of aromatic nitrogens is 4. The highest BCUT2D eigenvalue weighted by Gasteiger charge is 2.38. The van der Waals surface area contributed by atoms with Crippen molar-refractivity contribution in [2.24, 2.45) is 0 Å². The molecule has 4 N–H and O–H groups in total. The van der Waals surface area contributed by atoms with Crippen molar-refractivity contribution in [3.05, 3.63) is 52.8 Å². The molecule has 2 aromatic heterocycles. The van der Waals surface area contributed by atoms with Crippen molar-refractivity contribution in [1.82, 2.24) is 30.0 Å². The second kappa shape index (κ2) is 8.21. The lowest BCUT2D eigenvalue weighted by Gasteiger charge is -2.32. The average Bonchev–Trinajstić information content (AvgIpc) is 3.27. The first kappa shape index (κ1) is 22.0. The van der Waals surface area contributed by atoms with Gasteiger partial charge in [0.05, 0.1) is 5.69 Å². The number of nitrogens with zero attached hydrogens (tertiary/aromatic N) is 5. The Bertz CT molecular complexity index is 1260. The summed E-state index contributed by atoms with van der Waals surface area (Å²) in [4.78, 5) is 38.5. The molecular weight excluding hydrogens is 432 g/mol. The van der Waals surface area contributed by atoms with Crippen molar-refractivity contribution >= 4 is 23.5 Å². The van der Waals surface area contributed by atoms with Gasteiger partial charge in [0.1, 0.15) is 11.4 Å². The number of amides is 2. The molecule has 1 fully saturated rings. The molecule has 5 rings (SSSR count). The summed E-state index contributed by atoms with van der Waals surface area (Å²) in [5, 5.41) is 10.2. The van der Waals surface area contributed by atoms with E-state index in [0.29, 0.717) is 47.8 Å². The molecule has 0 bridgehead atoms. The summed E-state index contributed by atoms with van der Waals surface area (Å²) in [5.74, 6) is -0.120. The SMILES string of the molecule is CN1CCN(C(=O)c2ccc(NC(=O)c3[nH]nc4c3C(C)(C)Cc3cnc(N)nc3-4)cc2)CC1. The molecule has 2 aliphatic rings. The van der Waals surface area contributed by atoms with Gasteiger partial charge in [0.15, 0.2) is 0 Å². The summed E-state index contributed by atoms with van der Waals surface area (Å²) in [6, 6.07) is 6.99. The van der Waals surface area contributed by atoms with Gasteiger partial charge in [0.25, 0.3) is 11.8 Å². The number of hydrogen-bond acceptors (Lipinski definition) is 7. The predicted octanol–water partition coefficient (Wildman–Crippen LogP) is 1.92. The first-order valence-electron chi connectivity index (χ1n) is 11.3. The van der Waals surface area contributed by atoms with Crippen LogP contribution in [0.25, 0.3) is 11.4 Å². The minimum atomic E-state index is -0.347. The van der Waals surface area contributed by atoms with Crippen LogP contribution in [0.5, 0.6) is 0 Å². The van der Waals surface area contributed by atoms with Crippen molar-refractivity contribution in [2.75, 3.05) is 44.3 Å². The molecular formula is C24H28N8O2. The van der Waals surface area contributed by atoms with Crippen molar-refractivity contribution in [3.8, 4) is 11.4 Å². The number of hydrogen-bond donors (Lipinski definition) is 3. The fourth-order valence-electron chi connectivity index (χ4n) is 4.74. The zero-order chi connectivity index (χ0) is 24.0. The highest BCUT2D eigenvalue weighted by molar-refractivity contribution is 6.05. The third-order valence-electron chi connectivity index (χ3n) is 6.59. The number of nitrogens with two attached hydrogens (primary N) is 1. The minimum Gasteiger partial charge on any atom is -0.368 e. The normalized spacial score (nSPS) is 17.1. The Kier molecular flexibility index (Phi) is 5.32. The molecule has 10 nitrogen and oxygen atoms in total. The first-order valence-corrected chi connectivity index (χ1v) is 11.3. The standard InChI is InChI=1S/C24H28N8O2/c1-24(2)12-15-13-26-23(25)28-18(15)19-17(24)20(30-29-19)21(33)27-16-6-4-14(5-7-16)22(34)32-10-8-31(3)9-11-32/h4-7,13H,8-12H2,1-3H3,(H,27,33)(H,29,30)(H2,25,26,28). The van der Waals surface area contributed by atoms with Crippen molar-refractivity contribution < 1.29 is 9.59 Å². The summed E-state index contributed by atoms with van der Waals surface area (Å²) >= 11 is 0. The third kappa shape index (κ3) is 3.90. The Balaban J connectivity index is 1.35. The van der Waals surface area contributed by atoms with Gasteiger partial charge < -0.3 is 20.9 Å². The lowest BCUT2D eigenvalue weighted by molar-refractivity contribution is 0.0664. The van der Waals surface area contributed by atoms with Gasteiger partial charge in [-0.05, 0) is 48.7 Å². The summed E-state index contributed by atoms with van der Waals surface area (Å²) in [6.07, 6.45) is 2.39. The van der Waals surface area contributed by atoms with Crippen molar-refractivity contribution in [1.29, 1.82) is 0 Å². The zero-order valence-corrected chi connectivity index (χ0v) is 19.6. The Labute approximate surface area is 197 Å². The number of carbonyl (C=O) groups is 2. The van der Waals surface area contributed by atoms with E-state index in [1.54, 1.807) is 30.5 Å². The lowest BCUT2D eigenvalue weighted by atomic mass is 9.73. The molecule has 10 heteroatoms. The van der Waals surface area contributed by atoms with E-state index in [2.05, 4.69) is 51.3 Å². The van der Waals surface area contributed by atoms with Crippen LogP contribution in [0, 0.1) is 0 Å². The van der Waals surface area contributed by atoms with E-state index >= 15 is 0 Å². The molecule has 2 amide bonds. The second-order valence-corrected chi connectivity index (χ2v) is 9.61. The van der Waals surface area contributed by atoms with Gasteiger partial charge in [-0.1, -0.05) is 13.8 Å². The second-order valence-electron chi connectivity index (χ2n) is 9.61. The van der Waals surface area contributed by atoms with Crippen LogP contribution in [0.3, 0.4) is 0 Å². The topological polar surface area (TPSA) is 133 Å². The van der Waals surface area contributed by atoms with Gasteiger partial charge >= 0.3 is 0 Å². The van der Waals surface area contributed by atoms with Crippen LogP contribution in [0.2, 0.25) is 0 Å². The Morgan fingerprint density at radius 2 is 1.79 bits per heavy atom. The lowest BCUT2D eigenvalue weighted by Crippen LogP contribution is -2.47. The number of nitrogen functional groups attached to an aromatic ring is 1. The molecule has 0 spiro atoms. The molecule has 176 valence electrons. The van der Waals surface area contributed by atoms with Gasteiger partial charge in [0, 0.05) is 49.2 Å². The summed E-state index contributed by atoms with van der Waals surface area (Å²) in [5.41, 5.74) is 10.1. The molecule has 1 saturated heterocycles. The van der Waals surface area contributed by atoms with Crippen LogP contribution < -0.4 is 11.1 Å².